The number of aliphatic hydroxyl groups is 2. The molecule has 3 saturated carbocycles. The van der Waals surface area contributed by atoms with Crippen molar-refractivity contribution < 1.29 is 15.0 Å². The van der Waals surface area contributed by atoms with Crippen LogP contribution in [-0.4, -0.2) is 28.7 Å². The first-order chi connectivity index (χ1) is 11.3. The van der Waals surface area contributed by atoms with Crippen molar-refractivity contribution in [1.82, 2.24) is 0 Å². The van der Waals surface area contributed by atoms with Crippen LogP contribution in [0.3, 0.4) is 0 Å². The molecule has 4 rings (SSSR count). The quantitative estimate of drug-likeness (QED) is 0.724. The van der Waals surface area contributed by atoms with E-state index in [1.165, 1.54) is 5.57 Å². The van der Waals surface area contributed by atoms with Crippen LogP contribution in [0.1, 0.15) is 59.3 Å². The van der Waals surface area contributed by atoms with Crippen molar-refractivity contribution in [2.75, 3.05) is 6.61 Å². The molecular weight excluding hydrogens is 300 g/mol. The number of allylic oxidation sites excluding steroid dienone is 1. The standard InChI is InChI=1S/C21H32O3/c1-12-8-14-10-15(23)9-13(2)21(14,11-22)17-6-7-20(3)16(19(12)17)4-5-18(20)24/h8,12-13,16-19,22,24H,4-7,9-11H2,1-3H3/t12?,13?,16-,17+,18?,19-,20-,21-/m0/s1. The Bertz CT molecular complexity index is 582. The van der Waals surface area contributed by atoms with E-state index in [9.17, 15) is 15.0 Å². The minimum atomic E-state index is -0.194. The number of aliphatic hydroxyl groups excluding tert-OH is 2. The highest BCUT2D eigenvalue weighted by Crippen LogP contribution is 2.66. The van der Waals surface area contributed by atoms with Gasteiger partial charge in [-0.15, -0.1) is 0 Å². The SMILES string of the molecule is CC1C=C2CC(=O)CC(C)[C@]2(CO)[C@@H]2CC[C@]3(C)C(O)CC[C@H]3[C@H]12. The van der Waals surface area contributed by atoms with Crippen molar-refractivity contribution in [3.05, 3.63) is 11.6 Å². The summed E-state index contributed by atoms with van der Waals surface area (Å²) in [5, 5.41) is 21.1. The molecule has 24 heavy (non-hydrogen) atoms. The van der Waals surface area contributed by atoms with E-state index < -0.39 is 0 Å². The molecule has 0 amide bonds. The number of ketones is 1. The Kier molecular flexibility index (Phi) is 3.78. The summed E-state index contributed by atoms with van der Waals surface area (Å²) in [5.74, 6) is 2.55. The Morgan fingerprint density at radius 1 is 1.21 bits per heavy atom. The van der Waals surface area contributed by atoms with E-state index in [1.807, 2.05) is 0 Å². The molecular formula is C21H32O3. The third-order valence-corrected chi connectivity index (χ3v) is 8.68. The smallest absolute Gasteiger partial charge is 0.137 e. The van der Waals surface area contributed by atoms with Gasteiger partial charge in [-0.3, -0.25) is 4.79 Å². The highest BCUT2D eigenvalue weighted by atomic mass is 16.3. The summed E-state index contributed by atoms with van der Waals surface area (Å²) in [7, 11) is 0. The predicted molar refractivity (Wildman–Crippen MR) is 93.2 cm³/mol. The van der Waals surface area contributed by atoms with Gasteiger partial charge in [-0.05, 0) is 60.7 Å². The Labute approximate surface area is 145 Å². The predicted octanol–water partition coefficient (Wildman–Crippen LogP) is 3.34. The second kappa shape index (κ2) is 5.41. The second-order valence-corrected chi connectivity index (χ2v) is 9.50. The fourth-order valence-corrected chi connectivity index (χ4v) is 7.41. The molecule has 8 atom stereocenters. The lowest BCUT2D eigenvalue weighted by molar-refractivity contribution is -0.133. The molecule has 4 aliphatic rings. The number of hydrogen-bond acceptors (Lipinski definition) is 3. The zero-order chi connectivity index (χ0) is 17.3. The maximum absolute atomic E-state index is 12.2. The van der Waals surface area contributed by atoms with Crippen LogP contribution in [0.5, 0.6) is 0 Å². The first-order valence-electron chi connectivity index (χ1n) is 9.86. The van der Waals surface area contributed by atoms with Gasteiger partial charge < -0.3 is 10.2 Å². The van der Waals surface area contributed by atoms with E-state index in [1.54, 1.807) is 0 Å². The van der Waals surface area contributed by atoms with Gasteiger partial charge in [0, 0.05) is 18.3 Å². The molecule has 3 nitrogen and oxygen atoms in total. The average molecular weight is 332 g/mol. The van der Waals surface area contributed by atoms with E-state index in [2.05, 4.69) is 26.8 Å². The average Bonchev–Trinajstić information content (AvgIpc) is 2.82. The molecule has 2 N–H and O–H groups in total. The van der Waals surface area contributed by atoms with Crippen LogP contribution in [0.25, 0.3) is 0 Å². The molecule has 0 radical (unpaired) electrons. The van der Waals surface area contributed by atoms with E-state index in [-0.39, 0.29) is 29.5 Å². The van der Waals surface area contributed by atoms with Gasteiger partial charge in [0.2, 0.25) is 0 Å². The van der Waals surface area contributed by atoms with Gasteiger partial charge in [0.05, 0.1) is 12.7 Å². The molecule has 4 aliphatic carbocycles. The number of carbonyl (C=O) groups is 1. The third kappa shape index (κ3) is 1.94. The first kappa shape index (κ1) is 16.8. The van der Waals surface area contributed by atoms with Gasteiger partial charge in [-0.2, -0.15) is 0 Å². The lowest BCUT2D eigenvalue weighted by Gasteiger charge is -2.61. The van der Waals surface area contributed by atoms with E-state index in [0.29, 0.717) is 42.3 Å². The topological polar surface area (TPSA) is 57.5 Å². The largest absolute Gasteiger partial charge is 0.395 e. The van der Waals surface area contributed by atoms with Crippen LogP contribution in [0.2, 0.25) is 0 Å². The summed E-state index contributed by atoms with van der Waals surface area (Å²) in [6, 6.07) is 0. The molecule has 0 bridgehead atoms. The molecule has 0 saturated heterocycles. The molecule has 134 valence electrons. The van der Waals surface area contributed by atoms with Crippen molar-refractivity contribution in [2.24, 2.45) is 40.4 Å². The van der Waals surface area contributed by atoms with Crippen LogP contribution < -0.4 is 0 Å². The molecule has 0 aromatic rings. The molecule has 3 heteroatoms. The van der Waals surface area contributed by atoms with Gasteiger partial charge in [0.25, 0.3) is 0 Å². The Balaban J connectivity index is 1.80. The lowest BCUT2D eigenvalue weighted by Crippen LogP contribution is -2.57. The summed E-state index contributed by atoms with van der Waals surface area (Å²) >= 11 is 0. The Morgan fingerprint density at radius 2 is 1.96 bits per heavy atom. The van der Waals surface area contributed by atoms with Crippen LogP contribution in [0, 0.1) is 40.4 Å². The molecule has 0 heterocycles. The summed E-state index contributed by atoms with van der Waals surface area (Å²) in [6.07, 6.45) is 7.49. The third-order valence-electron chi connectivity index (χ3n) is 8.68. The monoisotopic (exact) mass is 332 g/mol. The molecule has 3 fully saturated rings. The molecule has 0 aliphatic heterocycles. The van der Waals surface area contributed by atoms with Crippen molar-refractivity contribution in [3.63, 3.8) is 0 Å². The zero-order valence-electron chi connectivity index (χ0n) is 15.3. The minimum absolute atomic E-state index is 0.0468. The Hall–Kier alpha value is -0.670. The Morgan fingerprint density at radius 3 is 2.67 bits per heavy atom. The maximum Gasteiger partial charge on any atom is 0.137 e. The number of rotatable bonds is 1. The lowest BCUT2D eigenvalue weighted by atomic mass is 9.44. The van der Waals surface area contributed by atoms with Gasteiger partial charge >= 0.3 is 0 Å². The van der Waals surface area contributed by atoms with Gasteiger partial charge in [0.1, 0.15) is 5.78 Å². The second-order valence-electron chi connectivity index (χ2n) is 9.50. The van der Waals surface area contributed by atoms with Crippen LogP contribution in [-0.2, 0) is 4.79 Å². The number of fused-ring (bicyclic) bond motifs is 5. The summed E-state index contributed by atoms with van der Waals surface area (Å²) in [5.41, 5.74) is 1.08. The van der Waals surface area contributed by atoms with Crippen molar-refractivity contribution in [2.45, 2.75) is 65.4 Å². The molecule has 0 aromatic heterocycles. The highest BCUT2D eigenvalue weighted by Gasteiger charge is 2.62. The highest BCUT2D eigenvalue weighted by molar-refractivity contribution is 5.83. The van der Waals surface area contributed by atoms with Crippen LogP contribution >= 0.6 is 0 Å². The van der Waals surface area contributed by atoms with Gasteiger partial charge in [0.15, 0.2) is 0 Å². The fourth-order valence-electron chi connectivity index (χ4n) is 7.41. The minimum Gasteiger partial charge on any atom is -0.395 e. The van der Waals surface area contributed by atoms with E-state index in [0.717, 1.165) is 25.7 Å². The normalized spacial score (nSPS) is 53.9. The fraction of sp³-hybridized carbons (Fsp3) is 0.857. The number of Topliss-reactive ketones (excluding diaryl/α,β-unsaturated/α-hetero) is 1. The summed E-state index contributed by atoms with van der Waals surface area (Å²) < 4.78 is 0. The number of hydrogen-bond donors (Lipinski definition) is 2. The maximum atomic E-state index is 12.2. The zero-order valence-corrected chi connectivity index (χ0v) is 15.3. The van der Waals surface area contributed by atoms with E-state index >= 15 is 0 Å². The van der Waals surface area contributed by atoms with Gasteiger partial charge in [-0.1, -0.05) is 32.4 Å². The number of carbonyl (C=O) groups excluding carboxylic acids is 1. The van der Waals surface area contributed by atoms with E-state index in [4.69, 9.17) is 0 Å². The molecule has 0 spiro atoms. The van der Waals surface area contributed by atoms with Gasteiger partial charge in [-0.25, -0.2) is 0 Å². The van der Waals surface area contributed by atoms with Crippen LogP contribution in [0.4, 0.5) is 0 Å². The van der Waals surface area contributed by atoms with Crippen molar-refractivity contribution in [1.29, 1.82) is 0 Å². The molecule has 0 aromatic carbocycles. The van der Waals surface area contributed by atoms with Crippen LogP contribution in [0.15, 0.2) is 11.6 Å². The van der Waals surface area contributed by atoms with Crippen molar-refractivity contribution >= 4 is 5.78 Å². The molecule has 3 unspecified atom stereocenters. The summed E-state index contributed by atoms with van der Waals surface area (Å²) in [4.78, 5) is 12.2. The summed E-state index contributed by atoms with van der Waals surface area (Å²) in [6.45, 7) is 6.93. The first-order valence-corrected chi connectivity index (χ1v) is 9.86. The van der Waals surface area contributed by atoms with Crippen molar-refractivity contribution in [3.8, 4) is 0 Å².